The Morgan fingerprint density at radius 1 is 1.17 bits per heavy atom. The smallest absolute Gasteiger partial charge is 0.264 e. The number of hydrogen-bond donors (Lipinski definition) is 1. The minimum atomic E-state index is -3.84. The Bertz CT molecular complexity index is 998. The Hall–Kier alpha value is -2.54. The van der Waals surface area contributed by atoms with Crippen molar-refractivity contribution in [2.45, 2.75) is 51.0 Å². The van der Waals surface area contributed by atoms with E-state index in [9.17, 15) is 13.2 Å². The summed E-state index contributed by atoms with van der Waals surface area (Å²) < 4.78 is 33.6. The first-order valence-corrected chi connectivity index (χ1v) is 11.7. The molecule has 1 saturated carbocycles. The molecule has 30 heavy (non-hydrogen) atoms. The van der Waals surface area contributed by atoms with Crippen LogP contribution in [0.15, 0.2) is 47.4 Å². The van der Waals surface area contributed by atoms with Gasteiger partial charge in [-0.05, 0) is 75.4 Å². The highest BCUT2D eigenvalue weighted by Crippen LogP contribution is 2.32. The number of anilines is 1. The SMILES string of the molecule is COc1ccc(N(CCC(=O)N[C@@H](C)C2CC2)S(=O)(=O)c2ccc(C)cc2C)cc1. The van der Waals surface area contributed by atoms with Gasteiger partial charge in [0.05, 0.1) is 17.7 Å². The lowest BCUT2D eigenvalue weighted by Crippen LogP contribution is -2.38. The van der Waals surface area contributed by atoms with Crippen molar-refractivity contribution >= 4 is 21.6 Å². The number of aryl methyl sites for hydroxylation is 2. The molecule has 0 unspecified atom stereocenters. The van der Waals surface area contributed by atoms with Gasteiger partial charge in [-0.15, -0.1) is 0 Å². The van der Waals surface area contributed by atoms with Gasteiger partial charge in [-0.3, -0.25) is 9.10 Å². The third kappa shape index (κ3) is 5.14. The zero-order valence-electron chi connectivity index (χ0n) is 18.0. The quantitative estimate of drug-likeness (QED) is 0.656. The summed E-state index contributed by atoms with van der Waals surface area (Å²) in [6.07, 6.45) is 2.37. The molecule has 2 aromatic rings. The van der Waals surface area contributed by atoms with Gasteiger partial charge < -0.3 is 10.1 Å². The number of sulfonamides is 1. The molecular weight excluding hydrogens is 400 g/mol. The van der Waals surface area contributed by atoms with E-state index < -0.39 is 10.0 Å². The van der Waals surface area contributed by atoms with Crippen LogP contribution in [0.5, 0.6) is 5.75 Å². The molecule has 1 amide bonds. The average molecular weight is 431 g/mol. The first-order valence-electron chi connectivity index (χ1n) is 10.3. The number of ether oxygens (including phenoxy) is 1. The molecule has 1 aliphatic rings. The third-order valence-electron chi connectivity index (χ3n) is 5.52. The Morgan fingerprint density at radius 2 is 1.83 bits per heavy atom. The summed E-state index contributed by atoms with van der Waals surface area (Å²) in [6, 6.07) is 12.2. The van der Waals surface area contributed by atoms with Crippen LogP contribution in [0.1, 0.15) is 37.3 Å². The molecule has 0 aromatic heterocycles. The van der Waals surface area contributed by atoms with Crippen molar-refractivity contribution < 1.29 is 17.9 Å². The zero-order valence-corrected chi connectivity index (χ0v) is 18.8. The second-order valence-corrected chi connectivity index (χ2v) is 9.82. The maximum Gasteiger partial charge on any atom is 0.264 e. The highest BCUT2D eigenvalue weighted by Gasteiger charge is 2.30. The normalized spacial score (nSPS) is 14.8. The van der Waals surface area contributed by atoms with E-state index in [1.807, 2.05) is 19.9 Å². The molecule has 1 fully saturated rings. The van der Waals surface area contributed by atoms with E-state index in [1.54, 1.807) is 50.4 Å². The molecule has 0 heterocycles. The second-order valence-electron chi connectivity index (χ2n) is 7.99. The number of amides is 1. The van der Waals surface area contributed by atoms with E-state index in [0.717, 1.165) is 18.4 Å². The van der Waals surface area contributed by atoms with E-state index in [2.05, 4.69) is 5.32 Å². The van der Waals surface area contributed by atoms with Crippen LogP contribution in [0.4, 0.5) is 5.69 Å². The monoisotopic (exact) mass is 430 g/mol. The fourth-order valence-corrected chi connectivity index (χ4v) is 5.26. The molecule has 0 saturated heterocycles. The molecule has 1 atom stereocenters. The summed E-state index contributed by atoms with van der Waals surface area (Å²) >= 11 is 0. The van der Waals surface area contributed by atoms with Crippen molar-refractivity contribution in [3.05, 3.63) is 53.6 Å². The second kappa shape index (κ2) is 9.08. The van der Waals surface area contributed by atoms with Crippen LogP contribution in [0, 0.1) is 19.8 Å². The minimum absolute atomic E-state index is 0.0607. The summed E-state index contributed by atoms with van der Waals surface area (Å²) in [6.45, 7) is 5.78. The van der Waals surface area contributed by atoms with Crippen molar-refractivity contribution in [3.8, 4) is 5.75 Å². The standard InChI is InChI=1S/C23H30N2O4S/c1-16-5-12-22(17(2)15-16)30(27,28)25(20-8-10-21(29-4)11-9-20)14-13-23(26)24-18(3)19-6-7-19/h5,8-12,15,18-19H,6-7,13-14H2,1-4H3,(H,24,26)/t18-/m0/s1. The van der Waals surface area contributed by atoms with Crippen LogP contribution in [-0.2, 0) is 14.8 Å². The van der Waals surface area contributed by atoms with E-state index in [0.29, 0.717) is 22.9 Å². The summed E-state index contributed by atoms with van der Waals surface area (Å²) in [5.41, 5.74) is 2.18. The van der Waals surface area contributed by atoms with Crippen LogP contribution in [0.2, 0.25) is 0 Å². The first-order chi connectivity index (χ1) is 14.2. The number of rotatable bonds is 9. The Kier molecular flexibility index (Phi) is 6.71. The maximum absolute atomic E-state index is 13.5. The molecule has 6 nitrogen and oxygen atoms in total. The van der Waals surface area contributed by atoms with Crippen LogP contribution < -0.4 is 14.4 Å². The summed E-state index contributed by atoms with van der Waals surface area (Å²) in [5, 5.41) is 3.00. The van der Waals surface area contributed by atoms with Gasteiger partial charge >= 0.3 is 0 Å². The Labute approximate surface area is 179 Å². The molecular formula is C23H30N2O4S. The number of nitrogens with zero attached hydrogens (tertiary/aromatic N) is 1. The van der Waals surface area contributed by atoms with Gasteiger partial charge in [-0.1, -0.05) is 17.7 Å². The number of carbonyl (C=O) groups excluding carboxylic acids is 1. The molecule has 2 aromatic carbocycles. The number of nitrogens with one attached hydrogen (secondary N) is 1. The fourth-order valence-electron chi connectivity index (χ4n) is 3.59. The predicted octanol–water partition coefficient (Wildman–Crippen LogP) is 3.81. The Morgan fingerprint density at radius 3 is 2.40 bits per heavy atom. The van der Waals surface area contributed by atoms with Gasteiger partial charge in [0.2, 0.25) is 5.91 Å². The summed E-state index contributed by atoms with van der Waals surface area (Å²) in [7, 11) is -2.28. The highest BCUT2D eigenvalue weighted by molar-refractivity contribution is 7.92. The molecule has 0 bridgehead atoms. The maximum atomic E-state index is 13.5. The molecule has 162 valence electrons. The van der Waals surface area contributed by atoms with Crippen molar-refractivity contribution in [2.24, 2.45) is 5.92 Å². The van der Waals surface area contributed by atoms with Gasteiger partial charge in [0.25, 0.3) is 10.0 Å². The molecule has 1 N–H and O–H groups in total. The van der Waals surface area contributed by atoms with Gasteiger partial charge in [0.1, 0.15) is 5.75 Å². The largest absolute Gasteiger partial charge is 0.497 e. The number of carbonyl (C=O) groups is 1. The van der Waals surface area contributed by atoms with Crippen LogP contribution in [-0.4, -0.2) is 34.0 Å². The van der Waals surface area contributed by atoms with Crippen LogP contribution in [0.25, 0.3) is 0 Å². The third-order valence-corrected chi connectivity index (χ3v) is 7.51. The van der Waals surface area contributed by atoms with Crippen molar-refractivity contribution in [1.82, 2.24) is 5.32 Å². The Balaban J connectivity index is 1.87. The number of benzene rings is 2. The lowest BCUT2D eigenvalue weighted by atomic mass is 10.2. The average Bonchev–Trinajstić information content (AvgIpc) is 3.53. The first kappa shape index (κ1) is 22.2. The predicted molar refractivity (Wildman–Crippen MR) is 118 cm³/mol. The van der Waals surface area contributed by atoms with Crippen LogP contribution in [0.3, 0.4) is 0 Å². The molecule has 0 spiro atoms. The van der Waals surface area contributed by atoms with Gasteiger partial charge in [0.15, 0.2) is 0 Å². The van der Waals surface area contributed by atoms with E-state index in [1.165, 1.54) is 4.31 Å². The van der Waals surface area contributed by atoms with E-state index in [4.69, 9.17) is 4.74 Å². The van der Waals surface area contributed by atoms with Gasteiger partial charge in [0, 0.05) is 19.0 Å². The lowest BCUT2D eigenvalue weighted by Gasteiger charge is -2.26. The molecule has 0 aliphatic heterocycles. The topological polar surface area (TPSA) is 75.7 Å². The van der Waals surface area contributed by atoms with Gasteiger partial charge in [-0.25, -0.2) is 8.42 Å². The minimum Gasteiger partial charge on any atom is -0.497 e. The van der Waals surface area contributed by atoms with E-state index in [-0.39, 0.29) is 29.8 Å². The zero-order chi connectivity index (χ0) is 21.9. The molecule has 1 aliphatic carbocycles. The number of methoxy groups -OCH3 is 1. The van der Waals surface area contributed by atoms with Crippen molar-refractivity contribution in [1.29, 1.82) is 0 Å². The summed E-state index contributed by atoms with van der Waals surface area (Å²) in [4.78, 5) is 12.7. The van der Waals surface area contributed by atoms with Crippen molar-refractivity contribution in [3.63, 3.8) is 0 Å². The van der Waals surface area contributed by atoms with E-state index >= 15 is 0 Å². The molecule has 3 rings (SSSR count). The highest BCUT2D eigenvalue weighted by atomic mass is 32.2. The van der Waals surface area contributed by atoms with Crippen LogP contribution >= 0.6 is 0 Å². The molecule has 7 heteroatoms. The fraction of sp³-hybridized carbons (Fsp3) is 0.435. The lowest BCUT2D eigenvalue weighted by molar-refractivity contribution is -0.121. The molecule has 0 radical (unpaired) electrons. The van der Waals surface area contributed by atoms with Gasteiger partial charge in [-0.2, -0.15) is 0 Å². The number of hydrogen-bond acceptors (Lipinski definition) is 4. The summed E-state index contributed by atoms with van der Waals surface area (Å²) in [5.74, 6) is 1.05. The van der Waals surface area contributed by atoms with Crippen molar-refractivity contribution in [2.75, 3.05) is 18.0 Å².